The Kier molecular flexibility index (Phi) is 14.6. The second-order valence-electron chi connectivity index (χ2n) is 9.27. The smallest absolute Gasteiger partial charge is 0.251 e. The maximum Gasteiger partial charge on any atom is 0.251 e. The minimum Gasteiger partial charge on any atom is -0.387 e. The van der Waals surface area contributed by atoms with E-state index in [0.717, 1.165) is 48.5 Å². The van der Waals surface area contributed by atoms with Gasteiger partial charge in [-0.05, 0) is 68.0 Å². The van der Waals surface area contributed by atoms with Crippen molar-refractivity contribution < 1.29 is 4.79 Å². The molecule has 2 rings (SSSR count). The number of carbonyl (C=O) groups excluding carboxylic acids is 1. The van der Waals surface area contributed by atoms with E-state index in [1.54, 1.807) is 32.4 Å². The van der Waals surface area contributed by atoms with Crippen molar-refractivity contribution in [3.8, 4) is 0 Å². The Hall–Kier alpha value is -4.00. The van der Waals surface area contributed by atoms with Gasteiger partial charge in [0.05, 0.1) is 11.5 Å². The van der Waals surface area contributed by atoms with E-state index in [1.807, 2.05) is 30.5 Å². The fraction of sp³-hybridized carbons (Fsp3) is 0.375. The van der Waals surface area contributed by atoms with Gasteiger partial charge in [-0.3, -0.25) is 14.8 Å². The predicted molar refractivity (Wildman–Crippen MR) is 165 cm³/mol. The van der Waals surface area contributed by atoms with E-state index in [1.165, 1.54) is 12.8 Å². The Morgan fingerprint density at radius 3 is 2.51 bits per heavy atom. The van der Waals surface area contributed by atoms with E-state index in [0.29, 0.717) is 24.4 Å². The van der Waals surface area contributed by atoms with E-state index in [2.05, 4.69) is 69.4 Å². The van der Waals surface area contributed by atoms with Crippen LogP contribution in [0.3, 0.4) is 0 Å². The molecule has 2 heterocycles. The molecule has 208 valence electrons. The Morgan fingerprint density at radius 1 is 1.10 bits per heavy atom. The van der Waals surface area contributed by atoms with Crippen LogP contribution in [-0.4, -0.2) is 54.5 Å². The zero-order valence-corrected chi connectivity index (χ0v) is 23.9. The fourth-order valence-corrected chi connectivity index (χ4v) is 4.13. The van der Waals surface area contributed by atoms with Gasteiger partial charge in [-0.25, -0.2) is 4.99 Å². The SMILES string of the molecule is CC\C=C(/C=C/C=C(\C=NC)N1CCCC1)Cc1cc(C(=O)NCC(/C=C/C=C\N=C(C)N)=C/CC)ccn1. The first kappa shape index (κ1) is 31.2. The summed E-state index contributed by atoms with van der Waals surface area (Å²) in [5.74, 6) is 0.383. The first-order valence-corrected chi connectivity index (χ1v) is 13.8. The van der Waals surface area contributed by atoms with Crippen LogP contribution < -0.4 is 11.1 Å². The number of aromatic nitrogens is 1. The highest BCUT2D eigenvalue weighted by molar-refractivity contribution is 5.94. The maximum absolute atomic E-state index is 12.9. The third kappa shape index (κ3) is 12.4. The molecule has 1 aromatic rings. The lowest BCUT2D eigenvalue weighted by molar-refractivity contribution is 0.0957. The molecule has 1 aliphatic rings. The number of amides is 1. The Balaban J connectivity index is 2.05. The van der Waals surface area contributed by atoms with Crippen molar-refractivity contribution >= 4 is 18.0 Å². The average Bonchev–Trinajstić information content (AvgIpc) is 3.46. The van der Waals surface area contributed by atoms with Gasteiger partial charge >= 0.3 is 0 Å². The summed E-state index contributed by atoms with van der Waals surface area (Å²) >= 11 is 0. The predicted octanol–water partition coefficient (Wildman–Crippen LogP) is 5.71. The van der Waals surface area contributed by atoms with Crippen molar-refractivity contribution in [2.75, 3.05) is 26.7 Å². The summed E-state index contributed by atoms with van der Waals surface area (Å²) in [6.07, 6.45) is 26.5. The van der Waals surface area contributed by atoms with E-state index < -0.39 is 0 Å². The average molecular weight is 529 g/mol. The van der Waals surface area contributed by atoms with Crippen molar-refractivity contribution in [3.63, 3.8) is 0 Å². The molecule has 0 aromatic carbocycles. The van der Waals surface area contributed by atoms with E-state index >= 15 is 0 Å². The number of rotatable bonds is 14. The molecule has 7 heteroatoms. The van der Waals surface area contributed by atoms with Crippen LogP contribution in [0.2, 0.25) is 0 Å². The molecule has 0 spiro atoms. The zero-order chi connectivity index (χ0) is 28.3. The van der Waals surface area contributed by atoms with Crippen LogP contribution in [-0.2, 0) is 6.42 Å². The summed E-state index contributed by atoms with van der Waals surface area (Å²) in [5, 5.41) is 3.02. The molecule has 0 radical (unpaired) electrons. The van der Waals surface area contributed by atoms with Crippen LogP contribution in [0.5, 0.6) is 0 Å². The molecular weight excluding hydrogens is 484 g/mol. The number of likely N-dealkylation sites (tertiary alicyclic amines) is 1. The van der Waals surface area contributed by atoms with Gasteiger partial charge in [0, 0.05) is 63.0 Å². The number of aliphatic imine (C=N–C) groups is 2. The third-order valence-electron chi connectivity index (χ3n) is 5.95. The summed E-state index contributed by atoms with van der Waals surface area (Å²) < 4.78 is 0. The number of nitrogens with one attached hydrogen (secondary N) is 1. The lowest BCUT2D eigenvalue weighted by Gasteiger charge is -2.17. The van der Waals surface area contributed by atoms with Crippen molar-refractivity contribution in [1.29, 1.82) is 0 Å². The van der Waals surface area contributed by atoms with Crippen molar-refractivity contribution in [2.45, 2.75) is 52.9 Å². The van der Waals surface area contributed by atoms with E-state index in [4.69, 9.17) is 5.73 Å². The standard InChI is InChI=1S/C32H44N6O/c1-5-12-27(15-11-16-31(25-34-4)38-20-9-10-21-38)22-30-23-29(17-19-36-30)32(39)37-24-28(13-6-2)14-7-8-18-35-26(3)33/h7-8,11-19,23,25H,5-6,9-10,20-22,24H2,1-4H3,(H2,33,35)(H,37,39)/b14-7+,15-11+,18-8-,27-12+,28-13+,31-16+,34-25?. The molecule has 1 amide bonds. The van der Waals surface area contributed by atoms with Gasteiger partial charge in [0.2, 0.25) is 0 Å². The second kappa shape index (κ2) is 18.3. The van der Waals surface area contributed by atoms with Gasteiger partial charge < -0.3 is 16.0 Å². The highest BCUT2D eigenvalue weighted by Gasteiger charge is 2.12. The Bertz CT molecular complexity index is 1160. The highest BCUT2D eigenvalue weighted by atomic mass is 16.1. The van der Waals surface area contributed by atoms with Crippen LogP contribution in [0, 0.1) is 0 Å². The molecule has 1 saturated heterocycles. The first-order chi connectivity index (χ1) is 19.0. The van der Waals surface area contributed by atoms with Gasteiger partial charge in [-0.2, -0.15) is 0 Å². The van der Waals surface area contributed by atoms with Crippen LogP contribution in [0.25, 0.3) is 0 Å². The monoisotopic (exact) mass is 528 g/mol. The van der Waals surface area contributed by atoms with Gasteiger partial charge in [-0.15, -0.1) is 0 Å². The van der Waals surface area contributed by atoms with Gasteiger partial charge in [-0.1, -0.05) is 50.3 Å². The van der Waals surface area contributed by atoms with Crippen molar-refractivity contribution in [1.82, 2.24) is 15.2 Å². The molecule has 0 saturated carbocycles. The Morgan fingerprint density at radius 2 is 1.82 bits per heavy atom. The van der Waals surface area contributed by atoms with Crippen molar-refractivity contribution in [2.24, 2.45) is 15.7 Å². The quantitative estimate of drug-likeness (QED) is 0.184. The zero-order valence-electron chi connectivity index (χ0n) is 23.9. The topological polar surface area (TPSA) is 96.0 Å². The number of hydrogen-bond donors (Lipinski definition) is 2. The van der Waals surface area contributed by atoms with Crippen LogP contribution >= 0.6 is 0 Å². The molecule has 0 unspecified atom stereocenters. The summed E-state index contributed by atoms with van der Waals surface area (Å²) in [4.78, 5) is 28.0. The van der Waals surface area contributed by atoms with Gasteiger partial charge in [0.1, 0.15) is 0 Å². The summed E-state index contributed by atoms with van der Waals surface area (Å²) in [6, 6.07) is 3.62. The molecule has 0 bridgehead atoms. The highest BCUT2D eigenvalue weighted by Crippen LogP contribution is 2.15. The van der Waals surface area contributed by atoms with E-state index in [9.17, 15) is 4.79 Å². The van der Waals surface area contributed by atoms with E-state index in [-0.39, 0.29) is 5.91 Å². The molecular formula is C32H44N6O. The van der Waals surface area contributed by atoms with Crippen molar-refractivity contribution in [3.05, 3.63) is 101 Å². The molecule has 7 nitrogen and oxygen atoms in total. The largest absolute Gasteiger partial charge is 0.387 e. The summed E-state index contributed by atoms with van der Waals surface area (Å²) in [6.45, 7) is 8.52. The molecule has 0 atom stereocenters. The summed E-state index contributed by atoms with van der Waals surface area (Å²) in [7, 11) is 1.81. The van der Waals surface area contributed by atoms with Gasteiger partial charge in [0.15, 0.2) is 0 Å². The maximum atomic E-state index is 12.9. The molecule has 1 fully saturated rings. The molecule has 39 heavy (non-hydrogen) atoms. The van der Waals surface area contributed by atoms with Crippen LogP contribution in [0.15, 0.2) is 100.0 Å². The van der Waals surface area contributed by atoms with Crippen LogP contribution in [0.1, 0.15) is 62.5 Å². The van der Waals surface area contributed by atoms with Crippen LogP contribution in [0.4, 0.5) is 0 Å². The van der Waals surface area contributed by atoms with Gasteiger partial charge in [0.25, 0.3) is 5.91 Å². The number of pyridine rings is 1. The third-order valence-corrected chi connectivity index (χ3v) is 5.95. The second-order valence-corrected chi connectivity index (χ2v) is 9.27. The lowest BCUT2D eigenvalue weighted by atomic mass is 10.1. The fourth-order valence-electron chi connectivity index (χ4n) is 4.13. The molecule has 0 aliphatic carbocycles. The number of hydrogen-bond acceptors (Lipinski definition) is 5. The normalized spacial score (nSPS) is 16.1. The number of allylic oxidation sites excluding steroid dienone is 9. The number of nitrogens with zero attached hydrogens (tertiary/aromatic N) is 4. The molecule has 3 N–H and O–H groups in total. The summed E-state index contributed by atoms with van der Waals surface area (Å²) in [5.41, 5.74) is 10.3. The molecule has 1 aliphatic heterocycles. The first-order valence-electron chi connectivity index (χ1n) is 13.8. The number of amidine groups is 1. The minimum atomic E-state index is -0.124. The lowest BCUT2D eigenvalue weighted by Crippen LogP contribution is -2.25. The Labute approximate surface area is 234 Å². The minimum absolute atomic E-state index is 0.124. The molecule has 1 aromatic heterocycles. The number of carbonyl (C=O) groups is 1. The number of nitrogens with two attached hydrogens (primary N) is 1.